The van der Waals surface area contributed by atoms with Gasteiger partial charge >= 0.3 is 0 Å². The molecule has 1 N–H and O–H groups in total. The Bertz CT molecular complexity index is 941. The number of hydrogen-bond donors (Lipinski definition) is 1. The summed E-state index contributed by atoms with van der Waals surface area (Å²) in [5.41, 5.74) is 1.86. The van der Waals surface area contributed by atoms with Gasteiger partial charge in [0.25, 0.3) is 0 Å². The molecule has 0 radical (unpaired) electrons. The molecular formula is C23H28N4O4. The summed E-state index contributed by atoms with van der Waals surface area (Å²) in [7, 11) is 0. The number of nitrogens with one attached hydrogen (secondary N) is 1. The fourth-order valence-corrected chi connectivity index (χ4v) is 3.77. The van der Waals surface area contributed by atoms with Crippen LogP contribution in [0.3, 0.4) is 0 Å². The third-order valence-corrected chi connectivity index (χ3v) is 5.87. The average Bonchev–Trinajstić information content (AvgIpc) is 3.22. The van der Waals surface area contributed by atoms with Crippen LogP contribution in [-0.4, -0.2) is 43.2 Å². The molecule has 1 aromatic heterocycles. The highest BCUT2D eigenvalue weighted by atomic mass is 16.7. The van der Waals surface area contributed by atoms with Crippen molar-refractivity contribution in [3.63, 3.8) is 0 Å². The maximum absolute atomic E-state index is 12.8. The smallest absolute Gasteiger partial charge is 0.249 e. The third kappa shape index (κ3) is 4.89. The Labute approximate surface area is 182 Å². The van der Waals surface area contributed by atoms with Crippen LogP contribution in [0.2, 0.25) is 0 Å². The molecule has 0 aliphatic carbocycles. The largest absolute Gasteiger partial charge is 0.359 e. The Kier molecular flexibility index (Phi) is 6.25. The van der Waals surface area contributed by atoms with E-state index in [2.05, 4.69) is 16.5 Å². The molecule has 1 unspecified atom stereocenters. The van der Waals surface area contributed by atoms with Crippen molar-refractivity contribution in [3.05, 3.63) is 41.6 Å². The Balaban J connectivity index is 1.33. The molecule has 2 aliphatic rings. The van der Waals surface area contributed by atoms with E-state index in [9.17, 15) is 4.79 Å². The Hall–Kier alpha value is -2.89. The molecule has 8 nitrogen and oxygen atoms in total. The topological polar surface area (TPSA) is 101 Å². The molecule has 2 aromatic rings. The Morgan fingerprint density at radius 1 is 1.32 bits per heavy atom. The van der Waals surface area contributed by atoms with Crippen molar-refractivity contribution in [2.24, 2.45) is 0 Å². The first-order chi connectivity index (χ1) is 15.0. The number of carbonyl (C=O) groups is 1. The van der Waals surface area contributed by atoms with Gasteiger partial charge in [-0.25, -0.2) is 0 Å². The van der Waals surface area contributed by atoms with Gasteiger partial charge in [0, 0.05) is 30.3 Å². The molecular weight excluding hydrogens is 396 g/mol. The molecule has 2 saturated heterocycles. The van der Waals surface area contributed by atoms with Gasteiger partial charge < -0.3 is 18.9 Å². The van der Waals surface area contributed by atoms with Crippen molar-refractivity contribution in [1.82, 2.24) is 5.16 Å². The summed E-state index contributed by atoms with van der Waals surface area (Å²) in [5, 5.41) is 15.9. The third-order valence-electron chi connectivity index (χ3n) is 5.87. The highest BCUT2D eigenvalue weighted by Gasteiger charge is 2.35. The number of benzene rings is 1. The summed E-state index contributed by atoms with van der Waals surface area (Å²) in [5.74, 6) is 0.191. The number of carbonyl (C=O) groups excluding carboxylic acids is 1. The van der Waals surface area contributed by atoms with E-state index in [-0.39, 0.29) is 23.7 Å². The van der Waals surface area contributed by atoms with Gasteiger partial charge in [0.2, 0.25) is 11.8 Å². The predicted octanol–water partition coefficient (Wildman–Crippen LogP) is 3.58. The SMILES string of the molecule is CC(C)(COC1CCCCO1)c1cc(NC(=O)[C@@H]2CCN2c2ccc(C#N)cc2)on1. The Morgan fingerprint density at radius 3 is 2.77 bits per heavy atom. The van der Waals surface area contributed by atoms with Crippen LogP contribution in [0, 0.1) is 11.3 Å². The summed E-state index contributed by atoms with van der Waals surface area (Å²) in [4.78, 5) is 14.8. The molecule has 4 rings (SSSR count). The zero-order chi connectivity index (χ0) is 21.8. The van der Waals surface area contributed by atoms with E-state index in [4.69, 9.17) is 19.3 Å². The molecule has 0 saturated carbocycles. The second kappa shape index (κ2) is 9.08. The van der Waals surface area contributed by atoms with E-state index in [0.717, 1.165) is 50.2 Å². The summed E-state index contributed by atoms with van der Waals surface area (Å²) in [6.45, 7) is 6.04. The van der Waals surface area contributed by atoms with Gasteiger partial charge in [0.05, 0.1) is 23.9 Å². The Morgan fingerprint density at radius 2 is 2.13 bits per heavy atom. The number of hydrogen-bond acceptors (Lipinski definition) is 7. The van der Waals surface area contributed by atoms with Crippen LogP contribution in [0.15, 0.2) is 34.9 Å². The number of anilines is 2. The average molecular weight is 425 g/mol. The van der Waals surface area contributed by atoms with Crippen LogP contribution in [0.25, 0.3) is 0 Å². The maximum Gasteiger partial charge on any atom is 0.249 e. The molecule has 2 aliphatic heterocycles. The lowest BCUT2D eigenvalue weighted by Crippen LogP contribution is -2.54. The molecule has 31 heavy (non-hydrogen) atoms. The second-order valence-corrected chi connectivity index (χ2v) is 8.71. The van der Waals surface area contributed by atoms with Gasteiger partial charge in [-0.05, 0) is 49.9 Å². The quantitative estimate of drug-likeness (QED) is 0.725. The molecule has 2 atom stereocenters. The van der Waals surface area contributed by atoms with Gasteiger partial charge in [0.1, 0.15) is 6.04 Å². The van der Waals surface area contributed by atoms with Gasteiger partial charge in [-0.1, -0.05) is 19.0 Å². The van der Waals surface area contributed by atoms with Gasteiger partial charge in [0.15, 0.2) is 6.29 Å². The summed E-state index contributed by atoms with van der Waals surface area (Å²) < 4.78 is 16.9. The lowest BCUT2D eigenvalue weighted by Gasteiger charge is -2.41. The molecule has 3 heterocycles. The molecule has 0 bridgehead atoms. The van der Waals surface area contributed by atoms with Crippen molar-refractivity contribution >= 4 is 17.5 Å². The van der Waals surface area contributed by atoms with Crippen LogP contribution in [0.4, 0.5) is 11.6 Å². The van der Waals surface area contributed by atoms with Crippen LogP contribution in [0.5, 0.6) is 0 Å². The van der Waals surface area contributed by atoms with Crippen LogP contribution in [0.1, 0.15) is 50.8 Å². The van der Waals surface area contributed by atoms with Gasteiger partial charge in [-0.2, -0.15) is 5.26 Å². The van der Waals surface area contributed by atoms with Crippen molar-refractivity contribution in [2.45, 2.75) is 57.3 Å². The van der Waals surface area contributed by atoms with Gasteiger partial charge in [-0.15, -0.1) is 0 Å². The fraction of sp³-hybridized carbons (Fsp3) is 0.522. The lowest BCUT2D eigenvalue weighted by molar-refractivity contribution is -0.170. The molecule has 0 spiro atoms. The van der Waals surface area contributed by atoms with Crippen molar-refractivity contribution < 1.29 is 18.8 Å². The van der Waals surface area contributed by atoms with Crippen molar-refractivity contribution in [2.75, 3.05) is 30.0 Å². The van der Waals surface area contributed by atoms with Crippen LogP contribution < -0.4 is 10.2 Å². The second-order valence-electron chi connectivity index (χ2n) is 8.71. The number of amides is 1. The minimum atomic E-state index is -0.377. The van der Waals surface area contributed by atoms with E-state index < -0.39 is 0 Å². The standard InChI is InChI=1S/C23H28N4O4/c1-23(2,15-30-21-5-3-4-12-29-21)19-13-20(31-26-19)25-22(28)18-10-11-27(18)17-8-6-16(14-24)7-9-17/h6-9,13,18,21H,3-5,10-12,15H2,1-2H3,(H,25,28)/t18-,21?/m0/s1. The number of aromatic nitrogens is 1. The first-order valence-corrected chi connectivity index (χ1v) is 10.7. The number of nitriles is 1. The highest BCUT2D eigenvalue weighted by Crippen LogP contribution is 2.29. The number of nitrogens with zero attached hydrogens (tertiary/aromatic N) is 3. The number of rotatable bonds is 7. The molecule has 1 aromatic carbocycles. The molecule has 8 heteroatoms. The lowest BCUT2D eigenvalue weighted by atomic mass is 9.90. The van der Waals surface area contributed by atoms with Gasteiger partial charge in [-0.3, -0.25) is 10.1 Å². The van der Waals surface area contributed by atoms with E-state index in [1.165, 1.54) is 0 Å². The predicted molar refractivity (Wildman–Crippen MR) is 115 cm³/mol. The van der Waals surface area contributed by atoms with Crippen LogP contribution in [-0.2, 0) is 19.7 Å². The first kappa shape index (κ1) is 21.3. The zero-order valence-electron chi connectivity index (χ0n) is 18.0. The van der Waals surface area contributed by atoms with E-state index in [0.29, 0.717) is 18.1 Å². The monoisotopic (exact) mass is 424 g/mol. The van der Waals surface area contributed by atoms with Crippen molar-refractivity contribution in [3.8, 4) is 6.07 Å². The van der Waals surface area contributed by atoms with E-state index >= 15 is 0 Å². The number of ether oxygens (including phenoxy) is 2. The summed E-state index contributed by atoms with van der Waals surface area (Å²) >= 11 is 0. The minimum Gasteiger partial charge on any atom is -0.359 e. The van der Waals surface area contributed by atoms with E-state index in [1.807, 2.05) is 30.9 Å². The summed E-state index contributed by atoms with van der Waals surface area (Å²) in [6.07, 6.45) is 3.71. The molecule has 164 valence electrons. The van der Waals surface area contributed by atoms with Crippen molar-refractivity contribution in [1.29, 1.82) is 5.26 Å². The minimum absolute atomic E-state index is 0.136. The van der Waals surface area contributed by atoms with E-state index in [1.54, 1.807) is 18.2 Å². The molecule has 2 fully saturated rings. The fourth-order valence-electron chi connectivity index (χ4n) is 3.77. The zero-order valence-corrected chi connectivity index (χ0v) is 18.0. The first-order valence-electron chi connectivity index (χ1n) is 10.7. The normalized spacial score (nSPS) is 21.3. The van der Waals surface area contributed by atoms with Crippen LogP contribution >= 0.6 is 0 Å². The molecule has 1 amide bonds. The summed E-state index contributed by atoms with van der Waals surface area (Å²) in [6, 6.07) is 10.8. The highest BCUT2D eigenvalue weighted by molar-refractivity contribution is 5.97. The maximum atomic E-state index is 12.8.